The maximum atomic E-state index is 5.58. The van der Waals surface area contributed by atoms with Gasteiger partial charge in [-0.1, -0.05) is 0 Å². The monoisotopic (exact) mass is 291 g/mol. The van der Waals surface area contributed by atoms with Crippen molar-refractivity contribution >= 4 is 16.7 Å². The molecule has 0 saturated heterocycles. The van der Waals surface area contributed by atoms with E-state index < -0.39 is 0 Å². The van der Waals surface area contributed by atoms with Crippen molar-refractivity contribution < 1.29 is 4.74 Å². The standard InChI is InChI=1S/C15H25N5O/c1-11(2)20-15-12(8-18-20)7-14(9-17-15)19-13(10-21-3)5-4-6-16/h7-9,11,13,19H,4-6,10,16H2,1-3H3. The molecule has 2 rings (SSSR count). The van der Waals surface area contributed by atoms with Gasteiger partial charge in [-0.05, 0) is 39.3 Å². The Balaban J connectivity index is 2.14. The second kappa shape index (κ2) is 7.38. The molecule has 3 N–H and O–H groups in total. The van der Waals surface area contributed by atoms with Crippen molar-refractivity contribution in [3.63, 3.8) is 0 Å². The Kier molecular flexibility index (Phi) is 5.52. The fourth-order valence-electron chi connectivity index (χ4n) is 2.40. The molecule has 6 nitrogen and oxygen atoms in total. The van der Waals surface area contributed by atoms with E-state index in [1.807, 2.05) is 17.1 Å². The third-order valence-corrected chi connectivity index (χ3v) is 3.42. The first-order chi connectivity index (χ1) is 10.2. The lowest BCUT2D eigenvalue weighted by molar-refractivity contribution is 0.182. The van der Waals surface area contributed by atoms with E-state index >= 15 is 0 Å². The molecule has 21 heavy (non-hydrogen) atoms. The maximum Gasteiger partial charge on any atom is 0.158 e. The fraction of sp³-hybridized carbons (Fsp3) is 0.600. The third kappa shape index (κ3) is 3.92. The van der Waals surface area contributed by atoms with E-state index in [4.69, 9.17) is 10.5 Å². The quantitative estimate of drug-likeness (QED) is 0.779. The topological polar surface area (TPSA) is 78.0 Å². The summed E-state index contributed by atoms with van der Waals surface area (Å²) < 4.78 is 7.19. The van der Waals surface area contributed by atoms with Gasteiger partial charge in [-0.25, -0.2) is 9.67 Å². The molecule has 0 aliphatic rings. The molecule has 1 unspecified atom stereocenters. The number of ether oxygens (including phenoxy) is 1. The Bertz CT molecular complexity index is 566. The molecule has 1 atom stereocenters. The highest BCUT2D eigenvalue weighted by molar-refractivity contribution is 5.78. The van der Waals surface area contributed by atoms with Gasteiger partial charge in [-0.15, -0.1) is 0 Å². The van der Waals surface area contributed by atoms with Gasteiger partial charge in [0.2, 0.25) is 0 Å². The van der Waals surface area contributed by atoms with Gasteiger partial charge in [0.05, 0.1) is 24.7 Å². The average Bonchev–Trinajstić information content (AvgIpc) is 2.88. The van der Waals surface area contributed by atoms with Crippen molar-refractivity contribution in [2.24, 2.45) is 5.73 Å². The predicted molar refractivity (Wildman–Crippen MR) is 85.5 cm³/mol. The zero-order valence-corrected chi connectivity index (χ0v) is 13.0. The largest absolute Gasteiger partial charge is 0.383 e. The highest BCUT2D eigenvalue weighted by Gasteiger charge is 2.11. The molecule has 2 heterocycles. The van der Waals surface area contributed by atoms with E-state index in [1.165, 1.54) is 0 Å². The molecule has 0 aliphatic heterocycles. The van der Waals surface area contributed by atoms with Gasteiger partial charge in [0.25, 0.3) is 0 Å². The summed E-state index contributed by atoms with van der Waals surface area (Å²) in [7, 11) is 1.71. The van der Waals surface area contributed by atoms with Crippen molar-refractivity contribution in [3.05, 3.63) is 18.5 Å². The second-order valence-electron chi connectivity index (χ2n) is 5.55. The average molecular weight is 291 g/mol. The summed E-state index contributed by atoms with van der Waals surface area (Å²) in [5.74, 6) is 0. The highest BCUT2D eigenvalue weighted by atomic mass is 16.5. The smallest absolute Gasteiger partial charge is 0.158 e. The van der Waals surface area contributed by atoms with E-state index in [1.54, 1.807) is 7.11 Å². The Hall–Kier alpha value is -1.66. The Labute approximate surface area is 125 Å². The van der Waals surface area contributed by atoms with E-state index in [0.29, 0.717) is 19.2 Å². The number of nitrogens with two attached hydrogens (primary N) is 1. The van der Waals surface area contributed by atoms with Crippen LogP contribution >= 0.6 is 0 Å². The van der Waals surface area contributed by atoms with Crippen LogP contribution in [0.15, 0.2) is 18.5 Å². The summed E-state index contributed by atoms with van der Waals surface area (Å²) in [4.78, 5) is 4.53. The van der Waals surface area contributed by atoms with Crippen molar-refractivity contribution in [2.75, 3.05) is 25.6 Å². The minimum Gasteiger partial charge on any atom is -0.383 e. The molecule has 0 saturated carbocycles. The molecular formula is C15H25N5O. The maximum absolute atomic E-state index is 5.58. The summed E-state index contributed by atoms with van der Waals surface area (Å²) in [5, 5.41) is 8.90. The van der Waals surface area contributed by atoms with Crippen LogP contribution in [-0.2, 0) is 4.74 Å². The van der Waals surface area contributed by atoms with E-state index in [0.717, 1.165) is 29.6 Å². The lowest BCUT2D eigenvalue weighted by Crippen LogP contribution is -2.25. The van der Waals surface area contributed by atoms with Crippen LogP contribution in [0.1, 0.15) is 32.7 Å². The number of pyridine rings is 1. The van der Waals surface area contributed by atoms with Gasteiger partial charge >= 0.3 is 0 Å². The zero-order chi connectivity index (χ0) is 15.2. The number of nitrogens with one attached hydrogen (secondary N) is 1. The van der Waals surface area contributed by atoms with Gasteiger partial charge in [0.1, 0.15) is 0 Å². The number of aromatic nitrogens is 3. The molecule has 0 aromatic carbocycles. The normalized spacial score (nSPS) is 13.0. The summed E-state index contributed by atoms with van der Waals surface area (Å²) in [6.45, 7) is 5.55. The van der Waals surface area contributed by atoms with Crippen LogP contribution in [0.2, 0.25) is 0 Å². The first kappa shape index (κ1) is 15.7. The molecule has 2 aromatic heterocycles. The number of anilines is 1. The third-order valence-electron chi connectivity index (χ3n) is 3.42. The molecular weight excluding hydrogens is 266 g/mol. The van der Waals surface area contributed by atoms with Crippen molar-refractivity contribution in [2.45, 2.75) is 38.8 Å². The Morgan fingerprint density at radius 1 is 1.38 bits per heavy atom. The molecule has 0 spiro atoms. The highest BCUT2D eigenvalue weighted by Crippen LogP contribution is 2.20. The van der Waals surface area contributed by atoms with Gasteiger partial charge in [-0.2, -0.15) is 5.10 Å². The summed E-state index contributed by atoms with van der Waals surface area (Å²) in [6, 6.07) is 2.64. The summed E-state index contributed by atoms with van der Waals surface area (Å²) >= 11 is 0. The first-order valence-corrected chi connectivity index (χ1v) is 7.44. The number of hydrogen-bond donors (Lipinski definition) is 2. The van der Waals surface area contributed by atoms with Gasteiger partial charge < -0.3 is 15.8 Å². The molecule has 0 aliphatic carbocycles. The molecule has 2 aromatic rings. The van der Waals surface area contributed by atoms with Crippen LogP contribution in [0.4, 0.5) is 5.69 Å². The van der Waals surface area contributed by atoms with Crippen LogP contribution in [0, 0.1) is 0 Å². The van der Waals surface area contributed by atoms with Gasteiger partial charge in [0, 0.05) is 24.6 Å². The van der Waals surface area contributed by atoms with Crippen molar-refractivity contribution in [1.29, 1.82) is 0 Å². The van der Waals surface area contributed by atoms with Crippen LogP contribution in [0.3, 0.4) is 0 Å². The van der Waals surface area contributed by atoms with Crippen molar-refractivity contribution in [3.8, 4) is 0 Å². The van der Waals surface area contributed by atoms with Crippen LogP contribution in [-0.4, -0.2) is 41.1 Å². The van der Waals surface area contributed by atoms with Crippen molar-refractivity contribution in [1.82, 2.24) is 14.8 Å². The van der Waals surface area contributed by atoms with E-state index in [-0.39, 0.29) is 6.04 Å². The Morgan fingerprint density at radius 3 is 2.86 bits per heavy atom. The second-order valence-corrected chi connectivity index (χ2v) is 5.55. The minimum absolute atomic E-state index is 0.248. The summed E-state index contributed by atoms with van der Waals surface area (Å²) in [5.41, 5.74) is 7.49. The lowest BCUT2D eigenvalue weighted by atomic mass is 10.1. The number of rotatable bonds is 8. The molecule has 0 amide bonds. The number of nitrogens with zero attached hydrogens (tertiary/aromatic N) is 3. The first-order valence-electron chi connectivity index (χ1n) is 7.44. The SMILES string of the molecule is COCC(CCCN)Nc1cnc2c(cnn2C(C)C)c1. The van der Waals surface area contributed by atoms with E-state index in [2.05, 4.69) is 35.3 Å². The van der Waals surface area contributed by atoms with E-state index in [9.17, 15) is 0 Å². The lowest BCUT2D eigenvalue weighted by Gasteiger charge is -2.18. The number of fused-ring (bicyclic) bond motifs is 1. The Morgan fingerprint density at radius 2 is 2.19 bits per heavy atom. The van der Waals surface area contributed by atoms with Crippen LogP contribution in [0.25, 0.3) is 11.0 Å². The molecule has 0 radical (unpaired) electrons. The summed E-state index contributed by atoms with van der Waals surface area (Å²) in [6.07, 6.45) is 5.67. The molecule has 0 bridgehead atoms. The van der Waals surface area contributed by atoms with Gasteiger partial charge in [-0.3, -0.25) is 0 Å². The van der Waals surface area contributed by atoms with Crippen LogP contribution in [0.5, 0.6) is 0 Å². The molecule has 6 heteroatoms. The molecule has 0 fully saturated rings. The molecule has 116 valence electrons. The van der Waals surface area contributed by atoms with Crippen LogP contribution < -0.4 is 11.1 Å². The number of methoxy groups -OCH3 is 1. The number of hydrogen-bond acceptors (Lipinski definition) is 5. The predicted octanol–water partition coefficient (Wildman–Crippen LogP) is 2.18. The van der Waals surface area contributed by atoms with Gasteiger partial charge in [0.15, 0.2) is 5.65 Å². The fourth-order valence-corrected chi connectivity index (χ4v) is 2.40. The zero-order valence-electron chi connectivity index (χ0n) is 13.0. The minimum atomic E-state index is 0.248.